The molecule has 1 atom stereocenters. The molecule has 1 aromatic heterocycles. The fourth-order valence-electron chi connectivity index (χ4n) is 2.60. The molecule has 0 aliphatic heterocycles. The molecule has 0 bridgehead atoms. The smallest absolute Gasteiger partial charge is 0.416 e. The average Bonchev–Trinajstić information content (AvgIpc) is 2.74. The number of halogens is 3. The molecule has 0 saturated heterocycles. The third kappa shape index (κ3) is 4.99. The van der Waals surface area contributed by atoms with Gasteiger partial charge < -0.3 is 4.74 Å². The van der Waals surface area contributed by atoms with Crippen LogP contribution >= 0.6 is 0 Å². The van der Waals surface area contributed by atoms with E-state index in [1.165, 1.54) is 37.5 Å². The summed E-state index contributed by atoms with van der Waals surface area (Å²) in [6.07, 6.45) is -2.72. The Balaban J connectivity index is 1.76. The van der Waals surface area contributed by atoms with Gasteiger partial charge in [0.05, 0.1) is 11.1 Å². The summed E-state index contributed by atoms with van der Waals surface area (Å²) in [5.74, 6) is -1.35. The molecule has 1 amide bonds. The lowest BCUT2D eigenvalue weighted by Gasteiger charge is -2.15. The van der Waals surface area contributed by atoms with E-state index in [1.54, 1.807) is 24.3 Å². The van der Waals surface area contributed by atoms with Crippen LogP contribution in [0.2, 0.25) is 0 Å². The number of ether oxygens (including phenoxy) is 1. The van der Waals surface area contributed by atoms with Crippen LogP contribution in [0.3, 0.4) is 0 Å². The number of rotatable bonds is 5. The number of carbonyl (C=O) groups is 2. The third-order valence-corrected chi connectivity index (χ3v) is 4.12. The number of anilines is 1. The number of hydrogen-bond acceptors (Lipinski definition) is 5. The van der Waals surface area contributed by atoms with Gasteiger partial charge in [-0.2, -0.15) is 13.2 Å². The van der Waals surface area contributed by atoms with E-state index in [1.807, 2.05) is 0 Å². The van der Waals surface area contributed by atoms with Crippen molar-refractivity contribution in [3.63, 3.8) is 0 Å². The first-order chi connectivity index (χ1) is 14.3. The molecule has 0 aliphatic carbocycles. The number of esters is 1. The minimum Gasteiger partial charge on any atom is -0.449 e. The Hall–Kier alpha value is -3.75. The molecule has 0 saturated carbocycles. The molecule has 2 aromatic carbocycles. The fourth-order valence-corrected chi connectivity index (χ4v) is 2.60. The minimum absolute atomic E-state index is 0.0653. The highest BCUT2D eigenvalue weighted by Crippen LogP contribution is 2.32. The van der Waals surface area contributed by atoms with Crippen molar-refractivity contribution < 1.29 is 27.5 Å². The van der Waals surface area contributed by atoms with Gasteiger partial charge >= 0.3 is 12.1 Å². The van der Waals surface area contributed by atoms with E-state index < -0.39 is 29.7 Å². The zero-order valence-corrected chi connectivity index (χ0v) is 15.7. The molecule has 30 heavy (non-hydrogen) atoms. The normalized spacial score (nSPS) is 12.1. The molecule has 1 unspecified atom stereocenters. The summed E-state index contributed by atoms with van der Waals surface area (Å²) in [5, 5.41) is 2.42. The van der Waals surface area contributed by atoms with Crippen LogP contribution in [0.25, 0.3) is 11.1 Å². The van der Waals surface area contributed by atoms with E-state index >= 15 is 0 Å². The first-order valence-electron chi connectivity index (χ1n) is 8.81. The van der Waals surface area contributed by atoms with Gasteiger partial charge in [-0.3, -0.25) is 10.1 Å². The number of amides is 1. The van der Waals surface area contributed by atoms with Crippen LogP contribution in [-0.4, -0.2) is 27.9 Å². The molecule has 0 fully saturated rings. The maximum Gasteiger partial charge on any atom is 0.416 e. The monoisotopic (exact) mass is 415 g/mol. The van der Waals surface area contributed by atoms with E-state index in [0.29, 0.717) is 11.1 Å². The van der Waals surface area contributed by atoms with Gasteiger partial charge in [0.1, 0.15) is 0 Å². The standard InChI is InChI=1S/C21H16F3N3O3/c1-13(18(28)27-20-25-11-4-12-26-20)30-19(29)17-6-3-2-5-16(17)14-7-9-15(10-8-14)21(22,23)24/h2-13H,1H3,(H,25,26,27,28). The highest BCUT2D eigenvalue weighted by atomic mass is 19.4. The summed E-state index contributed by atoms with van der Waals surface area (Å²) >= 11 is 0. The van der Waals surface area contributed by atoms with Gasteiger partial charge in [0.15, 0.2) is 6.10 Å². The second kappa shape index (κ2) is 8.73. The number of hydrogen-bond donors (Lipinski definition) is 1. The molecule has 0 radical (unpaired) electrons. The van der Waals surface area contributed by atoms with Gasteiger partial charge in [-0.15, -0.1) is 0 Å². The topological polar surface area (TPSA) is 81.2 Å². The Morgan fingerprint density at radius 1 is 0.967 bits per heavy atom. The molecule has 0 aliphatic rings. The Labute approximate surface area is 169 Å². The third-order valence-electron chi connectivity index (χ3n) is 4.12. The second-order valence-electron chi connectivity index (χ2n) is 6.23. The van der Waals surface area contributed by atoms with E-state index in [4.69, 9.17) is 4.74 Å². The Kier molecular flexibility index (Phi) is 6.10. The molecule has 3 rings (SSSR count). The summed E-state index contributed by atoms with van der Waals surface area (Å²) in [5.41, 5.74) is 0.119. The van der Waals surface area contributed by atoms with Gasteiger partial charge in [0.25, 0.3) is 5.91 Å². The molecule has 6 nitrogen and oxygen atoms in total. The van der Waals surface area contributed by atoms with Crippen molar-refractivity contribution >= 4 is 17.8 Å². The van der Waals surface area contributed by atoms with Crippen molar-refractivity contribution in [3.8, 4) is 11.1 Å². The van der Waals surface area contributed by atoms with Gasteiger partial charge in [-0.25, -0.2) is 14.8 Å². The number of nitrogens with one attached hydrogen (secondary N) is 1. The van der Waals surface area contributed by atoms with E-state index in [-0.39, 0.29) is 11.5 Å². The minimum atomic E-state index is -4.46. The van der Waals surface area contributed by atoms with Crippen molar-refractivity contribution in [2.24, 2.45) is 0 Å². The lowest BCUT2D eigenvalue weighted by atomic mass is 9.98. The van der Waals surface area contributed by atoms with Crippen LogP contribution < -0.4 is 5.32 Å². The summed E-state index contributed by atoms with van der Waals surface area (Å²) in [7, 11) is 0. The molecule has 154 valence electrons. The summed E-state index contributed by atoms with van der Waals surface area (Å²) in [4.78, 5) is 32.5. The number of benzene rings is 2. The number of carbonyl (C=O) groups excluding carboxylic acids is 2. The molecule has 9 heteroatoms. The predicted octanol–water partition coefficient (Wildman–Crippen LogP) is 4.35. The van der Waals surface area contributed by atoms with Crippen LogP contribution in [-0.2, 0) is 15.7 Å². The second-order valence-corrected chi connectivity index (χ2v) is 6.23. The van der Waals surface area contributed by atoms with Crippen LogP contribution in [0.5, 0.6) is 0 Å². The van der Waals surface area contributed by atoms with E-state index in [9.17, 15) is 22.8 Å². The zero-order chi connectivity index (χ0) is 21.7. The maximum absolute atomic E-state index is 12.8. The van der Waals surface area contributed by atoms with Gasteiger partial charge in [0.2, 0.25) is 5.95 Å². The van der Waals surface area contributed by atoms with Crippen LogP contribution in [0.1, 0.15) is 22.8 Å². The van der Waals surface area contributed by atoms with Gasteiger partial charge in [-0.05, 0) is 42.3 Å². The van der Waals surface area contributed by atoms with Crippen molar-refractivity contribution in [3.05, 3.63) is 78.1 Å². The molecular formula is C21H16F3N3O3. The highest BCUT2D eigenvalue weighted by Gasteiger charge is 2.30. The van der Waals surface area contributed by atoms with Crippen molar-refractivity contribution in [2.45, 2.75) is 19.2 Å². The van der Waals surface area contributed by atoms with Gasteiger partial charge in [-0.1, -0.05) is 30.3 Å². The summed E-state index contributed by atoms with van der Waals surface area (Å²) in [6, 6.07) is 12.3. The lowest BCUT2D eigenvalue weighted by molar-refractivity contribution is -0.137. The number of alkyl halides is 3. The predicted molar refractivity (Wildman–Crippen MR) is 102 cm³/mol. The number of nitrogens with zero attached hydrogens (tertiary/aromatic N) is 2. The Morgan fingerprint density at radius 2 is 1.60 bits per heavy atom. The Morgan fingerprint density at radius 3 is 2.23 bits per heavy atom. The fraction of sp³-hybridized carbons (Fsp3) is 0.143. The van der Waals surface area contributed by atoms with E-state index in [2.05, 4.69) is 15.3 Å². The molecule has 3 aromatic rings. The van der Waals surface area contributed by atoms with Crippen LogP contribution in [0, 0.1) is 0 Å². The summed E-state index contributed by atoms with van der Waals surface area (Å²) < 4.78 is 43.6. The molecule has 1 N–H and O–H groups in total. The Bertz CT molecular complexity index is 1040. The molecule has 0 spiro atoms. The summed E-state index contributed by atoms with van der Waals surface area (Å²) in [6.45, 7) is 1.39. The maximum atomic E-state index is 12.8. The van der Waals surface area contributed by atoms with Crippen LogP contribution in [0.4, 0.5) is 19.1 Å². The van der Waals surface area contributed by atoms with Crippen molar-refractivity contribution in [1.29, 1.82) is 0 Å². The quantitative estimate of drug-likeness (QED) is 0.627. The first kappa shape index (κ1) is 21.0. The lowest BCUT2D eigenvalue weighted by Crippen LogP contribution is -2.30. The van der Waals surface area contributed by atoms with Crippen molar-refractivity contribution in [1.82, 2.24) is 9.97 Å². The average molecular weight is 415 g/mol. The highest BCUT2D eigenvalue weighted by molar-refractivity contribution is 6.00. The largest absolute Gasteiger partial charge is 0.449 e. The molecular weight excluding hydrogens is 399 g/mol. The van der Waals surface area contributed by atoms with Crippen molar-refractivity contribution in [2.75, 3.05) is 5.32 Å². The zero-order valence-electron chi connectivity index (χ0n) is 15.7. The van der Waals surface area contributed by atoms with E-state index in [0.717, 1.165) is 12.1 Å². The number of aromatic nitrogens is 2. The van der Waals surface area contributed by atoms with Gasteiger partial charge in [0, 0.05) is 12.4 Å². The SMILES string of the molecule is CC(OC(=O)c1ccccc1-c1ccc(C(F)(F)F)cc1)C(=O)Nc1ncccn1. The first-order valence-corrected chi connectivity index (χ1v) is 8.81. The van der Waals surface area contributed by atoms with Crippen LogP contribution in [0.15, 0.2) is 67.0 Å². The molecule has 1 heterocycles.